The number of nitrogens with one attached hydrogen (secondary N) is 1. The van der Waals surface area contributed by atoms with E-state index in [2.05, 4.69) is 4.72 Å². The second-order valence-electron chi connectivity index (χ2n) is 3.65. The van der Waals surface area contributed by atoms with Crippen LogP contribution in [0.25, 0.3) is 0 Å². The highest BCUT2D eigenvalue weighted by molar-refractivity contribution is 7.89. The first kappa shape index (κ1) is 15.2. The molecule has 0 radical (unpaired) electrons. The minimum absolute atomic E-state index is 0.0513. The Balaban J connectivity index is 3.02. The van der Waals surface area contributed by atoms with E-state index in [1.807, 2.05) is 0 Å². The molecule has 0 fully saturated rings. The van der Waals surface area contributed by atoms with E-state index in [0.717, 1.165) is 0 Å². The molecule has 1 atom stereocenters. The molecule has 0 bridgehead atoms. The predicted molar refractivity (Wildman–Crippen MR) is 68.9 cm³/mol. The number of benzene rings is 1. The number of rotatable bonds is 6. The summed E-state index contributed by atoms with van der Waals surface area (Å²) in [5.74, 6) is 0. The fourth-order valence-corrected chi connectivity index (χ4v) is 3.08. The summed E-state index contributed by atoms with van der Waals surface area (Å²) in [6.07, 6.45) is 0. The highest BCUT2D eigenvalue weighted by atomic mass is 35.5. The second-order valence-corrected chi connectivity index (χ2v) is 5.74. The largest absolute Gasteiger partial charge is 0.399 e. The summed E-state index contributed by atoms with van der Waals surface area (Å²) in [6.45, 7) is -0.331. The van der Waals surface area contributed by atoms with Crippen molar-refractivity contribution in [2.45, 2.75) is 10.9 Å². The fourth-order valence-electron chi connectivity index (χ4n) is 1.33. The zero-order valence-corrected chi connectivity index (χ0v) is 11.3. The quantitative estimate of drug-likeness (QED) is 0.651. The molecule has 1 unspecified atom stereocenters. The van der Waals surface area contributed by atoms with E-state index < -0.39 is 16.1 Å². The molecule has 0 saturated carbocycles. The van der Waals surface area contributed by atoms with E-state index in [1.54, 1.807) is 0 Å². The highest BCUT2D eigenvalue weighted by Crippen LogP contribution is 2.23. The number of halogens is 1. The number of sulfonamides is 1. The highest BCUT2D eigenvalue weighted by Gasteiger charge is 2.22. The van der Waals surface area contributed by atoms with Gasteiger partial charge in [0.25, 0.3) is 0 Å². The van der Waals surface area contributed by atoms with E-state index in [1.165, 1.54) is 25.3 Å². The lowest BCUT2D eigenvalue weighted by Crippen LogP contribution is -2.40. The van der Waals surface area contributed by atoms with Crippen LogP contribution in [-0.2, 0) is 14.8 Å². The molecule has 0 aliphatic heterocycles. The molecular weight excluding hydrogens is 280 g/mol. The molecule has 0 heterocycles. The Hall–Kier alpha value is -0.860. The molecule has 6 nitrogen and oxygen atoms in total. The average molecular weight is 295 g/mol. The zero-order valence-electron chi connectivity index (χ0n) is 9.76. The summed E-state index contributed by atoms with van der Waals surface area (Å²) in [7, 11) is -2.44. The van der Waals surface area contributed by atoms with Crippen molar-refractivity contribution in [2.24, 2.45) is 0 Å². The van der Waals surface area contributed by atoms with Gasteiger partial charge in [0.1, 0.15) is 4.90 Å². The van der Waals surface area contributed by atoms with Crippen LogP contribution >= 0.6 is 11.6 Å². The van der Waals surface area contributed by atoms with Crippen LogP contribution in [0.3, 0.4) is 0 Å². The lowest BCUT2D eigenvalue weighted by Gasteiger charge is -2.16. The number of hydrogen-bond acceptors (Lipinski definition) is 5. The molecule has 1 aromatic rings. The summed E-state index contributed by atoms with van der Waals surface area (Å²) >= 11 is 5.82. The number of nitrogens with two attached hydrogens (primary N) is 1. The summed E-state index contributed by atoms with van der Waals surface area (Å²) in [5.41, 5.74) is 5.81. The van der Waals surface area contributed by atoms with E-state index in [9.17, 15) is 8.42 Å². The van der Waals surface area contributed by atoms with Gasteiger partial charge in [-0.1, -0.05) is 11.6 Å². The molecule has 0 aliphatic rings. The third-order valence-corrected chi connectivity index (χ3v) is 4.16. The molecule has 1 aromatic carbocycles. The van der Waals surface area contributed by atoms with Crippen LogP contribution in [0.5, 0.6) is 0 Å². The number of ether oxygens (including phenoxy) is 1. The molecule has 0 aliphatic carbocycles. The van der Waals surface area contributed by atoms with Crippen LogP contribution in [-0.4, -0.2) is 39.9 Å². The standard InChI is InChI=1S/C10H15ClN2O4S/c1-17-6-8(5-14)13-18(15,16)10-4-7(12)2-3-9(10)11/h2-4,8,13-14H,5-6,12H2,1H3. The number of aliphatic hydroxyl groups is 1. The second kappa shape index (κ2) is 6.35. The van der Waals surface area contributed by atoms with Crippen LogP contribution in [0.4, 0.5) is 5.69 Å². The molecule has 0 aromatic heterocycles. The Morgan fingerprint density at radius 3 is 2.78 bits per heavy atom. The van der Waals surface area contributed by atoms with Crippen LogP contribution in [0.1, 0.15) is 0 Å². The van der Waals surface area contributed by atoms with Crippen molar-refractivity contribution in [1.82, 2.24) is 4.72 Å². The molecule has 0 saturated heterocycles. The van der Waals surface area contributed by atoms with Crippen LogP contribution in [0.2, 0.25) is 5.02 Å². The Morgan fingerprint density at radius 1 is 1.56 bits per heavy atom. The van der Waals surface area contributed by atoms with Crippen LogP contribution in [0.15, 0.2) is 23.1 Å². The Kier molecular flexibility index (Phi) is 5.36. The lowest BCUT2D eigenvalue weighted by molar-refractivity contribution is 0.139. The van der Waals surface area contributed by atoms with Gasteiger partial charge in [-0.15, -0.1) is 0 Å². The third-order valence-electron chi connectivity index (χ3n) is 2.15. The molecule has 102 valence electrons. The fraction of sp³-hybridized carbons (Fsp3) is 0.400. The van der Waals surface area contributed by atoms with Crippen LogP contribution < -0.4 is 10.5 Å². The maximum absolute atomic E-state index is 12.0. The molecule has 0 amide bonds. The van der Waals surface area contributed by atoms with Crippen molar-refractivity contribution in [2.75, 3.05) is 26.1 Å². The molecular formula is C10H15ClN2O4S. The normalized spacial score (nSPS) is 13.5. The summed E-state index contributed by atoms with van der Waals surface area (Å²) in [6, 6.07) is 3.42. The monoisotopic (exact) mass is 294 g/mol. The number of hydrogen-bond donors (Lipinski definition) is 3. The van der Waals surface area contributed by atoms with Gasteiger partial charge in [0, 0.05) is 12.8 Å². The minimum Gasteiger partial charge on any atom is -0.399 e. The van der Waals surface area contributed by atoms with E-state index in [-0.39, 0.29) is 28.8 Å². The number of aliphatic hydroxyl groups excluding tert-OH is 1. The van der Waals surface area contributed by atoms with Gasteiger partial charge in [-0.3, -0.25) is 0 Å². The Labute approximate surface area is 111 Å². The van der Waals surface area contributed by atoms with Gasteiger partial charge in [0.2, 0.25) is 10.0 Å². The Morgan fingerprint density at radius 2 is 2.22 bits per heavy atom. The van der Waals surface area contributed by atoms with E-state index in [4.69, 9.17) is 27.2 Å². The van der Waals surface area contributed by atoms with Crippen molar-refractivity contribution >= 4 is 27.3 Å². The maximum Gasteiger partial charge on any atom is 0.242 e. The van der Waals surface area contributed by atoms with Crippen molar-refractivity contribution in [3.63, 3.8) is 0 Å². The van der Waals surface area contributed by atoms with Crippen LogP contribution in [0, 0.1) is 0 Å². The average Bonchev–Trinajstić information content (AvgIpc) is 2.31. The van der Waals surface area contributed by atoms with Gasteiger partial charge in [0.15, 0.2) is 0 Å². The number of anilines is 1. The molecule has 4 N–H and O–H groups in total. The van der Waals surface area contributed by atoms with Gasteiger partial charge in [-0.25, -0.2) is 13.1 Å². The maximum atomic E-state index is 12.0. The van der Waals surface area contributed by atoms with E-state index >= 15 is 0 Å². The molecule has 18 heavy (non-hydrogen) atoms. The first-order valence-electron chi connectivity index (χ1n) is 5.08. The van der Waals surface area contributed by atoms with Gasteiger partial charge >= 0.3 is 0 Å². The Bertz CT molecular complexity index is 507. The van der Waals surface area contributed by atoms with Crippen molar-refractivity contribution < 1.29 is 18.3 Å². The number of nitrogen functional groups attached to an aromatic ring is 1. The summed E-state index contributed by atoms with van der Waals surface area (Å²) < 4.78 is 31.1. The van der Waals surface area contributed by atoms with Gasteiger partial charge in [-0.2, -0.15) is 0 Å². The lowest BCUT2D eigenvalue weighted by atomic mass is 10.3. The summed E-state index contributed by atoms with van der Waals surface area (Å²) in [5, 5.41) is 9.09. The molecule has 8 heteroatoms. The summed E-state index contributed by atoms with van der Waals surface area (Å²) in [4.78, 5) is -0.126. The first-order valence-corrected chi connectivity index (χ1v) is 6.94. The van der Waals surface area contributed by atoms with Crippen molar-refractivity contribution in [3.8, 4) is 0 Å². The van der Waals surface area contributed by atoms with Gasteiger partial charge in [0.05, 0.1) is 24.3 Å². The van der Waals surface area contributed by atoms with Gasteiger partial charge < -0.3 is 15.6 Å². The first-order chi connectivity index (χ1) is 8.40. The predicted octanol–water partition coefficient (Wildman–Crippen LogP) is 0.208. The number of methoxy groups -OCH3 is 1. The van der Waals surface area contributed by atoms with Gasteiger partial charge in [-0.05, 0) is 18.2 Å². The SMILES string of the molecule is COCC(CO)NS(=O)(=O)c1cc(N)ccc1Cl. The zero-order chi connectivity index (χ0) is 13.8. The minimum atomic E-state index is -3.85. The molecule has 0 spiro atoms. The smallest absolute Gasteiger partial charge is 0.242 e. The van der Waals surface area contributed by atoms with E-state index in [0.29, 0.717) is 0 Å². The van der Waals surface area contributed by atoms with Crippen molar-refractivity contribution in [3.05, 3.63) is 23.2 Å². The molecule has 1 rings (SSSR count). The topological polar surface area (TPSA) is 102 Å². The third kappa shape index (κ3) is 3.82. The van der Waals surface area contributed by atoms with Crippen molar-refractivity contribution in [1.29, 1.82) is 0 Å².